The molecule has 2 N–H and O–H groups in total. The van der Waals surface area contributed by atoms with Crippen molar-refractivity contribution >= 4 is 11.9 Å². The molecular formula is C10H6O4. The van der Waals surface area contributed by atoms with Gasteiger partial charge >= 0.3 is 11.9 Å². The summed E-state index contributed by atoms with van der Waals surface area (Å²) in [6.07, 6.45) is 6.36. The number of carbonyl (C=O) groups is 2. The highest BCUT2D eigenvalue weighted by atomic mass is 16.4. The SMILES string of the molecule is O=C(O)C1=CC2=CC=CC2=C1C(=O)O. The van der Waals surface area contributed by atoms with E-state index < -0.39 is 11.9 Å². The minimum atomic E-state index is -1.21. The number of carboxylic acid groups (broad SMARTS) is 2. The second kappa shape index (κ2) is 2.70. The molecule has 2 aliphatic carbocycles. The summed E-state index contributed by atoms with van der Waals surface area (Å²) in [6, 6.07) is 0. The van der Waals surface area contributed by atoms with E-state index in [1.54, 1.807) is 18.2 Å². The van der Waals surface area contributed by atoms with E-state index in [1.807, 2.05) is 0 Å². The Balaban J connectivity index is 2.60. The Bertz CT molecular complexity index is 461. The van der Waals surface area contributed by atoms with Gasteiger partial charge in [-0.15, -0.1) is 0 Å². The largest absolute Gasteiger partial charge is 0.478 e. The lowest BCUT2D eigenvalue weighted by atomic mass is 10.1. The summed E-state index contributed by atoms with van der Waals surface area (Å²) in [4.78, 5) is 21.6. The van der Waals surface area contributed by atoms with Gasteiger partial charge in [-0.2, -0.15) is 0 Å². The Labute approximate surface area is 79.2 Å². The molecule has 0 amide bonds. The molecule has 0 spiro atoms. The van der Waals surface area contributed by atoms with Crippen LogP contribution in [0.25, 0.3) is 0 Å². The minimum absolute atomic E-state index is 0.127. The molecule has 2 rings (SSSR count). The standard InChI is InChI=1S/C10H6O4/c11-9(12)7-4-5-2-1-3-6(5)8(7)10(13)14/h1-4H,(H,11,12)(H,13,14). The minimum Gasteiger partial charge on any atom is -0.478 e. The topological polar surface area (TPSA) is 74.6 Å². The van der Waals surface area contributed by atoms with E-state index in [1.165, 1.54) is 6.08 Å². The molecule has 0 aromatic carbocycles. The lowest BCUT2D eigenvalue weighted by Gasteiger charge is -1.99. The van der Waals surface area contributed by atoms with Gasteiger partial charge in [-0.05, 0) is 17.2 Å². The first-order chi connectivity index (χ1) is 6.61. The summed E-state index contributed by atoms with van der Waals surface area (Å²) in [5.41, 5.74) is 0.857. The van der Waals surface area contributed by atoms with Crippen LogP contribution in [-0.4, -0.2) is 22.2 Å². The van der Waals surface area contributed by atoms with Crippen LogP contribution >= 0.6 is 0 Å². The van der Waals surface area contributed by atoms with Gasteiger partial charge in [0.1, 0.15) is 0 Å². The Morgan fingerprint density at radius 2 is 1.86 bits per heavy atom. The molecule has 0 saturated heterocycles. The molecule has 0 aromatic rings. The number of aliphatic carboxylic acids is 2. The van der Waals surface area contributed by atoms with E-state index in [0.717, 1.165) is 0 Å². The summed E-state index contributed by atoms with van der Waals surface area (Å²) in [5, 5.41) is 17.6. The fourth-order valence-corrected chi connectivity index (χ4v) is 1.56. The van der Waals surface area contributed by atoms with Gasteiger partial charge in [0.25, 0.3) is 0 Å². The third kappa shape index (κ3) is 1.01. The maximum absolute atomic E-state index is 10.8. The zero-order chi connectivity index (χ0) is 10.3. The van der Waals surface area contributed by atoms with Crippen LogP contribution in [0, 0.1) is 0 Å². The Morgan fingerprint density at radius 1 is 1.14 bits per heavy atom. The zero-order valence-electron chi connectivity index (χ0n) is 7.02. The molecule has 0 unspecified atom stereocenters. The van der Waals surface area contributed by atoms with Gasteiger partial charge in [-0.3, -0.25) is 0 Å². The van der Waals surface area contributed by atoms with Gasteiger partial charge in [0.2, 0.25) is 0 Å². The summed E-state index contributed by atoms with van der Waals surface area (Å²) >= 11 is 0. The van der Waals surface area contributed by atoms with E-state index in [-0.39, 0.29) is 11.1 Å². The van der Waals surface area contributed by atoms with Crippen molar-refractivity contribution in [3.63, 3.8) is 0 Å². The van der Waals surface area contributed by atoms with Crippen LogP contribution in [0.4, 0.5) is 0 Å². The van der Waals surface area contributed by atoms with Gasteiger partial charge in [0.15, 0.2) is 0 Å². The van der Waals surface area contributed by atoms with E-state index >= 15 is 0 Å². The molecule has 0 fully saturated rings. The predicted molar refractivity (Wildman–Crippen MR) is 47.6 cm³/mol. The predicted octanol–water partition coefficient (Wildman–Crippen LogP) is 0.888. The van der Waals surface area contributed by atoms with Crippen LogP contribution in [0.5, 0.6) is 0 Å². The molecule has 0 aromatic heterocycles. The van der Waals surface area contributed by atoms with Crippen molar-refractivity contribution < 1.29 is 19.8 Å². The molecule has 4 heteroatoms. The van der Waals surface area contributed by atoms with E-state index in [2.05, 4.69) is 0 Å². The number of allylic oxidation sites excluding steroid dienone is 6. The van der Waals surface area contributed by atoms with Gasteiger partial charge in [-0.1, -0.05) is 18.2 Å². The Morgan fingerprint density at radius 3 is 2.43 bits per heavy atom. The van der Waals surface area contributed by atoms with Crippen molar-refractivity contribution in [1.82, 2.24) is 0 Å². The van der Waals surface area contributed by atoms with Gasteiger partial charge < -0.3 is 10.2 Å². The first-order valence-corrected chi connectivity index (χ1v) is 3.93. The average Bonchev–Trinajstić information content (AvgIpc) is 2.58. The molecule has 70 valence electrons. The van der Waals surface area contributed by atoms with Crippen molar-refractivity contribution in [1.29, 1.82) is 0 Å². The number of hydrogen-bond donors (Lipinski definition) is 2. The van der Waals surface area contributed by atoms with Crippen LogP contribution in [-0.2, 0) is 9.59 Å². The molecule has 0 saturated carbocycles. The van der Waals surface area contributed by atoms with Gasteiger partial charge in [0, 0.05) is 0 Å². The van der Waals surface area contributed by atoms with Crippen molar-refractivity contribution in [2.24, 2.45) is 0 Å². The normalized spacial score (nSPS) is 18.0. The van der Waals surface area contributed by atoms with Crippen LogP contribution in [0.2, 0.25) is 0 Å². The fourth-order valence-electron chi connectivity index (χ4n) is 1.56. The van der Waals surface area contributed by atoms with Crippen molar-refractivity contribution in [3.8, 4) is 0 Å². The van der Waals surface area contributed by atoms with Gasteiger partial charge in [-0.25, -0.2) is 9.59 Å². The fraction of sp³-hybridized carbons (Fsp3) is 0. The molecule has 0 atom stereocenters. The van der Waals surface area contributed by atoms with Crippen molar-refractivity contribution in [2.75, 3.05) is 0 Å². The Kier molecular flexibility index (Phi) is 1.64. The van der Waals surface area contributed by atoms with Crippen molar-refractivity contribution in [2.45, 2.75) is 0 Å². The quantitative estimate of drug-likeness (QED) is 0.678. The smallest absolute Gasteiger partial charge is 0.337 e. The summed E-state index contributed by atoms with van der Waals surface area (Å²) in [7, 11) is 0. The highest BCUT2D eigenvalue weighted by Crippen LogP contribution is 2.34. The maximum Gasteiger partial charge on any atom is 0.337 e. The molecule has 0 aliphatic heterocycles. The van der Waals surface area contributed by atoms with Crippen LogP contribution in [0.1, 0.15) is 0 Å². The summed E-state index contributed by atoms with van der Waals surface area (Å²) < 4.78 is 0. The van der Waals surface area contributed by atoms with Crippen LogP contribution in [0.15, 0.2) is 46.6 Å². The number of rotatable bonds is 2. The first kappa shape index (κ1) is 8.50. The summed E-state index contributed by atoms with van der Waals surface area (Å²) in [6.45, 7) is 0. The lowest BCUT2D eigenvalue weighted by molar-refractivity contribution is -0.136. The Hall–Kier alpha value is -2.10. The van der Waals surface area contributed by atoms with E-state index in [4.69, 9.17) is 10.2 Å². The van der Waals surface area contributed by atoms with E-state index in [0.29, 0.717) is 11.1 Å². The van der Waals surface area contributed by atoms with Crippen LogP contribution < -0.4 is 0 Å². The highest BCUT2D eigenvalue weighted by Gasteiger charge is 2.30. The second-order valence-electron chi connectivity index (χ2n) is 2.94. The van der Waals surface area contributed by atoms with Gasteiger partial charge in [0.05, 0.1) is 11.1 Å². The molecule has 0 bridgehead atoms. The molecule has 0 heterocycles. The third-order valence-electron chi connectivity index (χ3n) is 2.13. The first-order valence-electron chi connectivity index (χ1n) is 3.93. The molecule has 4 nitrogen and oxygen atoms in total. The number of carboxylic acids is 2. The van der Waals surface area contributed by atoms with E-state index in [9.17, 15) is 9.59 Å². The zero-order valence-corrected chi connectivity index (χ0v) is 7.02. The number of fused-ring (bicyclic) bond motifs is 1. The molecule has 0 radical (unpaired) electrons. The second-order valence-corrected chi connectivity index (χ2v) is 2.94. The molecule has 14 heavy (non-hydrogen) atoms. The molecule has 2 aliphatic rings. The highest BCUT2D eigenvalue weighted by molar-refractivity contribution is 6.10. The van der Waals surface area contributed by atoms with Crippen LogP contribution in [0.3, 0.4) is 0 Å². The van der Waals surface area contributed by atoms with Crippen molar-refractivity contribution in [3.05, 3.63) is 46.6 Å². The third-order valence-corrected chi connectivity index (χ3v) is 2.13. The summed E-state index contributed by atoms with van der Waals surface area (Å²) in [5.74, 6) is -2.41. The maximum atomic E-state index is 10.8. The lowest BCUT2D eigenvalue weighted by Crippen LogP contribution is -2.09. The number of hydrogen-bond acceptors (Lipinski definition) is 2. The monoisotopic (exact) mass is 190 g/mol. The average molecular weight is 190 g/mol. The molecular weight excluding hydrogens is 184 g/mol.